The lowest BCUT2D eigenvalue weighted by Gasteiger charge is -2.30. The second-order valence-corrected chi connectivity index (χ2v) is 3.13. The first-order chi connectivity index (χ1) is 5.75. The van der Waals surface area contributed by atoms with Crippen molar-refractivity contribution >= 4 is 12.6 Å². The predicted molar refractivity (Wildman–Crippen MR) is 48.0 cm³/mol. The standard InChI is InChI=1S/C8H15N3O/c1-9-10-8(12)7-5-3-4-6-11(7)2/h7H,1,3-6H2,2H3,(H,10,12). The van der Waals surface area contributed by atoms with Crippen LogP contribution in [0.4, 0.5) is 0 Å². The fourth-order valence-electron chi connectivity index (χ4n) is 1.56. The third kappa shape index (κ3) is 2.04. The summed E-state index contributed by atoms with van der Waals surface area (Å²) in [4.78, 5) is 13.4. The van der Waals surface area contributed by atoms with Crippen LogP contribution in [-0.2, 0) is 4.79 Å². The molecule has 0 spiro atoms. The number of likely N-dealkylation sites (N-methyl/N-ethyl adjacent to an activating group) is 1. The smallest absolute Gasteiger partial charge is 0.257 e. The van der Waals surface area contributed by atoms with Crippen LogP contribution in [0.1, 0.15) is 19.3 Å². The van der Waals surface area contributed by atoms with Gasteiger partial charge in [0.05, 0.1) is 6.04 Å². The molecule has 1 unspecified atom stereocenters. The number of nitrogens with one attached hydrogen (secondary N) is 1. The molecule has 1 aliphatic heterocycles. The van der Waals surface area contributed by atoms with Crippen LogP contribution in [0.25, 0.3) is 0 Å². The Morgan fingerprint density at radius 3 is 3.00 bits per heavy atom. The predicted octanol–water partition coefficient (Wildman–Crippen LogP) is 0.202. The second-order valence-electron chi connectivity index (χ2n) is 3.13. The van der Waals surface area contributed by atoms with E-state index in [1.807, 2.05) is 7.05 Å². The van der Waals surface area contributed by atoms with Gasteiger partial charge in [0.1, 0.15) is 0 Å². The number of hydrogen-bond donors (Lipinski definition) is 1. The van der Waals surface area contributed by atoms with Crippen molar-refractivity contribution in [2.75, 3.05) is 13.6 Å². The van der Waals surface area contributed by atoms with Crippen molar-refractivity contribution in [2.45, 2.75) is 25.3 Å². The lowest BCUT2D eigenvalue weighted by atomic mass is 10.0. The number of piperidine rings is 1. The van der Waals surface area contributed by atoms with E-state index in [-0.39, 0.29) is 11.9 Å². The summed E-state index contributed by atoms with van der Waals surface area (Å²) in [5.74, 6) is -0.0350. The van der Waals surface area contributed by atoms with E-state index in [1.165, 1.54) is 6.42 Å². The normalized spacial score (nSPS) is 24.9. The van der Waals surface area contributed by atoms with E-state index in [9.17, 15) is 4.79 Å². The van der Waals surface area contributed by atoms with Crippen molar-refractivity contribution in [2.24, 2.45) is 5.10 Å². The molecule has 0 aromatic carbocycles. The van der Waals surface area contributed by atoms with Crippen LogP contribution in [0.3, 0.4) is 0 Å². The largest absolute Gasteiger partial charge is 0.295 e. The average Bonchev–Trinajstić information content (AvgIpc) is 2.05. The molecule has 0 bridgehead atoms. The molecule has 1 atom stereocenters. The molecular weight excluding hydrogens is 154 g/mol. The average molecular weight is 169 g/mol. The van der Waals surface area contributed by atoms with E-state index in [1.54, 1.807) is 0 Å². The molecule has 0 aliphatic carbocycles. The van der Waals surface area contributed by atoms with Gasteiger partial charge in [-0.2, -0.15) is 5.10 Å². The molecule has 4 nitrogen and oxygen atoms in total. The fraction of sp³-hybridized carbons (Fsp3) is 0.750. The summed E-state index contributed by atoms with van der Waals surface area (Å²) in [7, 11) is 1.96. The molecule has 1 saturated heterocycles. The summed E-state index contributed by atoms with van der Waals surface area (Å²) in [6.07, 6.45) is 3.24. The van der Waals surface area contributed by atoms with Crippen LogP contribution < -0.4 is 5.43 Å². The highest BCUT2D eigenvalue weighted by Crippen LogP contribution is 2.14. The molecule has 1 heterocycles. The topological polar surface area (TPSA) is 44.7 Å². The molecule has 1 N–H and O–H groups in total. The summed E-state index contributed by atoms with van der Waals surface area (Å²) in [6, 6.07) is -0.00995. The van der Waals surface area contributed by atoms with Gasteiger partial charge in [-0.3, -0.25) is 9.69 Å². The van der Waals surface area contributed by atoms with E-state index >= 15 is 0 Å². The van der Waals surface area contributed by atoms with Crippen molar-refractivity contribution in [3.8, 4) is 0 Å². The van der Waals surface area contributed by atoms with Gasteiger partial charge in [0.15, 0.2) is 0 Å². The lowest BCUT2D eigenvalue weighted by molar-refractivity contribution is -0.126. The van der Waals surface area contributed by atoms with E-state index in [0.717, 1.165) is 19.4 Å². The van der Waals surface area contributed by atoms with Gasteiger partial charge in [-0.15, -0.1) is 0 Å². The maximum Gasteiger partial charge on any atom is 0.257 e. The van der Waals surface area contributed by atoms with Crippen LogP contribution in [0.15, 0.2) is 5.10 Å². The SMILES string of the molecule is C=NNC(=O)C1CCCCN1C. The van der Waals surface area contributed by atoms with Crippen molar-refractivity contribution in [1.29, 1.82) is 0 Å². The van der Waals surface area contributed by atoms with Crippen molar-refractivity contribution in [3.63, 3.8) is 0 Å². The zero-order chi connectivity index (χ0) is 8.97. The van der Waals surface area contributed by atoms with E-state index in [2.05, 4.69) is 22.1 Å². The number of carbonyl (C=O) groups is 1. The van der Waals surface area contributed by atoms with Gasteiger partial charge < -0.3 is 0 Å². The monoisotopic (exact) mass is 169 g/mol. The first-order valence-electron chi connectivity index (χ1n) is 4.21. The molecule has 68 valence electrons. The number of hydrogen-bond acceptors (Lipinski definition) is 3. The Hall–Kier alpha value is -0.900. The minimum absolute atomic E-state index is 0.00995. The number of likely N-dealkylation sites (tertiary alicyclic amines) is 1. The highest BCUT2D eigenvalue weighted by Gasteiger charge is 2.25. The van der Waals surface area contributed by atoms with Crippen molar-refractivity contribution in [1.82, 2.24) is 10.3 Å². The van der Waals surface area contributed by atoms with Gasteiger partial charge in [-0.1, -0.05) is 6.42 Å². The van der Waals surface area contributed by atoms with Crippen LogP contribution in [0.2, 0.25) is 0 Å². The van der Waals surface area contributed by atoms with E-state index in [0.29, 0.717) is 0 Å². The van der Waals surface area contributed by atoms with Crippen molar-refractivity contribution in [3.05, 3.63) is 0 Å². The van der Waals surface area contributed by atoms with E-state index < -0.39 is 0 Å². The van der Waals surface area contributed by atoms with Crippen LogP contribution in [0.5, 0.6) is 0 Å². The second kappa shape index (κ2) is 4.21. The summed E-state index contributed by atoms with van der Waals surface area (Å²) in [5.41, 5.74) is 2.38. The molecule has 1 fully saturated rings. The highest BCUT2D eigenvalue weighted by molar-refractivity contribution is 5.81. The van der Waals surface area contributed by atoms with Crippen LogP contribution in [0, 0.1) is 0 Å². The molecular formula is C8H15N3O. The Labute approximate surface area is 72.6 Å². The van der Waals surface area contributed by atoms with Gasteiger partial charge in [0, 0.05) is 6.72 Å². The van der Waals surface area contributed by atoms with Gasteiger partial charge in [-0.25, -0.2) is 5.43 Å². The minimum Gasteiger partial charge on any atom is -0.295 e. The van der Waals surface area contributed by atoms with Crippen LogP contribution in [-0.4, -0.2) is 37.2 Å². The summed E-state index contributed by atoms with van der Waals surface area (Å²) < 4.78 is 0. The molecule has 1 rings (SSSR count). The summed E-state index contributed by atoms with van der Waals surface area (Å²) in [6.45, 7) is 4.22. The Morgan fingerprint density at radius 1 is 1.67 bits per heavy atom. The Bertz CT molecular complexity index is 181. The molecule has 0 aromatic heterocycles. The Morgan fingerprint density at radius 2 is 2.42 bits per heavy atom. The highest BCUT2D eigenvalue weighted by atomic mass is 16.2. The molecule has 12 heavy (non-hydrogen) atoms. The molecule has 4 heteroatoms. The van der Waals surface area contributed by atoms with Crippen LogP contribution >= 0.6 is 0 Å². The fourth-order valence-corrected chi connectivity index (χ4v) is 1.56. The zero-order valence-corrected chi connectivity index (χ0v) is 7.42. The number of carbonyl (C=O) groups excluding carboxylic acids is 1. The quantitative estimate of drug-likeness (QED) is 0.474. The summed E-state index contributed by atoms with van der Waals surface area (Å²) >= 11 is 0. The van der Waals surface area contributed by atoms with Gasteiger partial charge >= 0.3 is 0 Å². The van der Waals surface area contributed by atoms with Gasteiger partial charge in [0.25, 0.3) is 5.91 Å². The molecule has 0 aromatic rings. The molecule has 1 aliphatic rings. The molecule has 0 radical (unpaired) electrons. The molecule has 1 amide bonds. The van der Waals surface area contributed by atoms with E-state index in [4.69, 9.17) is 0 Å². The number of hydrazone groups is 1. The maximum atomic E-state index is 11.3. The minimum atomic E-state index is -0.0350. The zero-order valence-electron chi connectivity index (χ0n) is 7.42. The van der Waals surface area contributed by atoms with Crippen molar-refractivity contribution < 1.29 is 4.79 Å². The maximum absolute atomic E-state index is 11.3. The number of nitrogens with zero attached hydrogens (tertiary/aromatic N) is 2. The number of amides is 1. The van der Waals surface area contributed by atoms with Gasteiger partial charge in [0.2, 0.25) is 0 Å². The lowest BCUT2D eigenvalue weighted by Crippen LogP contribution is -2.46. The Balaban J connectivity index is 2.47. The number of rotatable bonds is 2. The Kier molecular flexibility index (Phi) is 3.22. The third-order valence-electron chi connectivity index (χ3n) is 2.26. The first-order valence-corrected chi connectivity index (χ1v) is 4.21. The summed E-state index contributed by atoms with van der Waals surface area (Å²) in [5, 5.41) is 3.37. The third-order valence-corrected chi connectivity index (χ3v) is 2.26. The van der Waals surface area contributed by atoms with Gasteiger partial charge in [-0.05, 0) is 26.4 Å². The molecule has 0 saturated carbocycles. The first kappa shape index (κ1) is 9.19.